The largest absolute Gasteiger partial charge is 0.373 e. The predicted octanol–water partition coefficient (Wildman–Crippen LogP) is 3.17. The molecule has 0 spiro atoms. The molecule has 4 heterocycles. The van der Waals surface area contributed by atoms with Gasteiger partial charge in [-0.15, -0.1) is 0 Å². The molecule has 0 N–H and O–H groups in total. The van der Waals surface area contributed by atoms with Crippen molar-refractivity contribution in [1.82, 2.24) is 15.0 Å². The molecule has 2 aromatic heterocycles. The topological polar surface area (TPSA) is 51.1 Å². The predicted molar refractivity (Wildman–Crippen MR) is 88.2 cm³/mol. The summed E-state index contributed by atoms with van der Waals surface area (Å²) in [7, 11) is 0. The molecular weight excluding hydrogens is 276 g/mol. The zero-order valence-electron chi connectivity index (χ0n) is 13.9. The van der Waals surface area contributed by atoms with Crippen LogP contribution in [0.15, 0.2) is 6.07 Å². The molecular formula is C17H24N4O. The fourth-order valence-corrected chi connectivity index (χ4v) is 3.35. The van der Waals surface area contributed by atoms with Crippen LogP contribution in [0.3, 0.4) is 0 Å². The number of anilines is 1. The molecule has 0 bridgehead atoms. The quantitative estimate of drug-likeness (QED) is 0.748. The zero-order valence-corrected chi connectivity index (χ0v) is 13.9. The van der Waals surface area contributed by atoms with E-state index in [1.165, 1.54) is 12.8 Å². The number of fused-ring (bicyclic) bond motifs is 2. The van der Waals surface area contributed by atoms with Crippen LogP contribution in [0.4, 0.5) is 5.82 Å². The summed E-state index contributed by atoms with van der Waals surface area (Å²) in [6.07, 6.45) is 2.38. The van der Waals surface area contributed by atoms with Crippen LogP contribution < -0.4 is 4.90 Å². The van der Waals surface area contributed by atoms with Crippen molar-refractivity contribution < 1.29 is 4.74 Å². The Morgan fingerprint density at radius 3 is 2.82 bits per heavy atom. The summed E-state index contributed by atoms with van der Waals surface area (Å²) in [4.78, 5) is 16.3. The molecule has 22 heavy (non-hydrogen) atoms. The summed E-state index contributed by atoms with van der Waals surface area (Å²) in [5.74, 6) is 1.89. The maximum Gasteiger partial charge on any atom is 0.142 e. The molecule has 5 nitrogen and oxygen atoms in total. The van der Waals surface area contributed by atoms with Crippen LogP contribution in [0.1, 0.15) is 43.9 Å². The van der Waals surface area contributed by atoms with Gasteiger partial charge in [-0.3, -0.25) is 4.98 Å². The minimum atomic E-state index is 0.446. The first-order valence-electron chi connectivity index (χ1n) is 8.21. The van der Waals surface area contributed by atoms with Crippen molar-refractivity contribution in [2.24, 2.45) is 0 Å². The molecule has 2 aromatic rings. The highest BCUT2D eigenvalue weighted by molar-refractivity contribution is 5.92. The highest BCUT2D eigenvalue weighted by Gasteiger charge is 2.30. The van der Waals surface area contributed by atoms with E-state index in [9.17, 15) is 0 Å². The fourth-order valence-electron chi connectivity index (χ4n) is 3.35. The van der Waals surface area contributed by atoms with Crippen molar-refractivity contribution in [2.75, 3.05) is 18.1 Å². The Morgan fingerprint density at radius 2 is 2.00 bits per heavy atom. The number of pyridine rings is 1. The molecule has 2 aliphatic heterocycles. The molecule has 0 aromatic carbocycles. The van der Waals surface area contributed by atoms with Gasteiger partial charge in [0.15, 0.2) is 0 Å². The van der Waals surface area contributed by atoms with E-state index in [1.54, 1.807) is 0 Å². The van der Waals surface area contributed by atoms with Crippen LogP contribution in [0, 0.1) is 13.8 Å². The third-order valence-electron chi connectivity index (χ3n) is 4.17. The number of hydrogen-bond donors (Lipinski definition) is 0. The third-order valence-corrected chi connectivity index (χ3v) is 4.17. The molecule has 2 aliphatic rings. The Bertz CT molecular complexity index is 681. The molecule has 4 rings (SSSR count). The number of aromatic nitrogens is 3. The SMILES string of the molecule is CC.Cc1cc2nc(C)nc3c2c(n1)COCC1CCCN31. The van der Waals surface area contributed by atoms with Gasteiger partial charge in [0.2, 0.25) is 0 Å². The molecule has 1 saturated heterocycles. The van der Waals surface area contributed by atoms with Crippen LogP contribution in [-0.4, -0.2) is 34.1 Å². The lowest BCUT2D eigenvalue weighted by Crippen LogP contribution is -2.35. The molecule has 1 fully saturated rings. The van der Waals surface area contributed by atoms with Gasteiger partial charge >= 0.3 is 0 Å². The van der Waals surface area contributed by atoms with E-state index in [4.69, 9.17) is 9.72 Å². The number of nitrogens with zero attached hydrogens (tertiary/aromatic N) is 4. The lowest BCUT2D eigenvalue weighted by atomic mass is 10.1. The molecule has 0 aliphatic carbocycles. The zero-order chi connectivity index (χ0) is 15.7. The van der Waals surface area contributed by atoms with Crippen LogP contribution in [-0.2, 0) is 11.3 Å². The Hall–Kier alpha value is -1.75. The standard InChI is InChI=1S/C15H18N4O.C2H6/c1-9-6-12-14-13(16-9)8-20-7-11-4-3-5-19(11)15(14)18-10(2)17-12;1-2/h6,11H,3-5,7-8H2,1-2H3;1-2H3. The van der Waals surface area contributed by atoms with E-state index in [-0.39, 0.29) is 0 Å². The van der Waals surface area contributed by atoms with Crippen LogP contribution in [0.5, 0.6) is 0 Å². The first-order valence-corrected chi connectivity index (χ1v) is 8.21. The van der Waals surface area contributed by atoms with Gasteiger partial charge in [-0.05, 0) is 32.8 Å². The van der Waals surface area contributed by atoms with Gasteiger partial charge in [0, 0.05) is 12.2 Å². The van der Waals surface area contributed by atoms with Gasteiger partial charge in [-0.2, -0.15) is 0 Å². The second-order valence-corrected chi connectivity index (χ2v) is 5.70. The third kappa shape index (κ3) is 2.54. The minimum Gasteiger partial charge on any atom is -0.373 e. The van der Waals surface area contributed by atoms with Gasteiger partial charge in [0.25, 0.3) is 0 Å². The van der Waals surface area contributed by atoms with E-state index in [1.807, 2.05) is 33.8 Å². The Kier molecular flexibility index (Phi) is 4.25. The first-order chi connectivity index (χ1) is 10.7. The Balaban J connectivity index is 0.000000693. The molecule has 5 heteroatoms. The monoisotopic (exact) mass is 300 g/mol. The first kappa shape index (κ1) is 15.2. The summed E-state index contributed by atoms with van der Waals surface area (Å²) in [5, 5.41) is 1.08. The van der Waals surface area contributed by atoms with Crippen molar-refractivity contribution in [3.63, 3.8) is 0 Å². The van der Waals surface area contributed by atoms with Crippen LogP contribution >= 0.6 is 0 Å². The summed E-state index contributed by atoms with van der Waals surface area (Å²) in [6, 6.07) is 2.49. The van der Waals surface area contributed by atoms with Crippen molar-refractivity contribution in [3.8, 4) is 0 Å². The van der Waals surface area contributed by atoms with Crippen molar-refractivity contribution >= 4 is 16.7 Å². The van der Waals surface area contributed by atoms with Gasteiger partial charge < -0.3 is 9.64 Å². The van der Waals surface area contributed by atoms with Gasteiger partial charge in [-0.1, -0.05) is 13.8 Å². The summed E-state index contributed by atoms with van der Waals surface area (Å²) in [6.45, 7) is 10.3. The smallest absolute Gasteiger partial charge is 0.142 e. The lowest BCUT2D eigenvalue weighted by Gasteiger charge is -2.29. The van der Waals surface area contributed by atoms with Gasteiger partial charge in [-0.25, -0.2) is 9.97 Å². The number of rotatable bonds is 0. The maximum atomic E-state index is 5.86. The van der Waals surface area contributed by atoms with E-state index < -0.39 is 0 Å². The van der Waals surface area contributed by atoms with Gasteiger partial charge in [0.05, 0.1) is 35.9 Å². The molecule has 0 radical (unpaired) electrons. The summed E-state index contributed by atoms with van der Waals surface area (Å²) in [5.41, 5.74) is 2.95. The maximum absolute atomic E-state index is 5.86. The minimum absolute atomic E-state index is 0.446. The van der Waals surface area contributed by atoms with Crippen LogP contribution in [0.25, 0.3) is 10.9 Å². The average molecular weight is 300 g/mol. The average Bonchev–Trinajstić information content (AvgIpc) is 2.94. The molecule has 1 unspecified atom stereocenters. The normalized spacial score (nSPS) is 20.0. The summed E-state index contributed by atoms with van der Waals surface area (Å²) < 4.78 is 5.86. The Labute approximate surface area is 131 Å². The highest BCUT2D eigenvalue weighted by atomic mass is 16.5. The van der Waals surface area contributed by atoms with E-state index >= 15 is 0 Å². The van der Waals surface area contributed by atoms with E-state index in [0.717, 1.165) is 47.1 Å². The number of hydrogen-bond acceptors (Lipinski definition) is 5. The summed E-state index contributed by atoms with van der Waals surface area (Å²) >= 11 is 0. The van der Waals surface area contributed by atoms with Gasteiger partial charge in [0.1, 0.15) is 11.6 Å². The van der Waals surface area contributed by atoms with E-state index in [0.29, 0.717) is 12.6 Å². The van der Waals surface area contributed by atoms with Crippen molar-refractivity contribution in [3.05, 3.63) is 23.3 Å². The van der Waals surface area contributed by atoms with E-state index in [2.05, 4.69) is 14.9 Å². The van der Waals surface area contributed by atoms with Crippen molar-refractivity contribution in [1.29, 1.82) is 0 Å². The fraction of sp³-hybridized carbons (Fsp3) is 0.588. The Morgan fingerprint density at radius 1 is 1.18 bits per heavy atom. The molecule has 0 amide bonds. The molecule has 1 atom stereocenters. The highest BCUT2D eigenvalue weighted by Crippen LogP contribution is 2.34. The second kappa shape index (κ2) is 6.16. The molecule has 0 saturated carbocycles. The van der Waals surface area contributed by atoms with Crippen molar-refractivity contribution in [2.45, 2.75) is 53.2 Å². The second-order valence-electron chi connectivity index (χ2n) is 5.70. The number of ether oxygens (including phenoxy) is 1. The lowest BCUT2D eigenvalue weighted by molar-refractivity contribution is 0.105. The molecule has 118 valence electrons. The number of aryl methyl sites for hydroxylation is 2. The van der Waals surface area contributed by atoms with Crippen LogP contribution in [0.2, 0.25) is 0 Å².